The second-order valence-electron chi connectivity index (χ2n) is 16.6. The fourth-order valence-corrected chi connectivity index (χ4v) is 9.38. The number of hydrogen-bond acceptors (Lipinski definition) is 11. The molecule has 3 amide bonds. The van der Waals surface area contributed by atoms with Gasteiger partial charge in [0.25, 0.3) is 0 Å². The van der Waals surface area contributed by atoms with E-state index in [-0.39, 0.29) is 41.5 Å². The van der Waals surface area contributed by atoms with Gasteiger partial charge in [0.2, 0.25) is 11.8 Å². The van der Waals surface area contributed by atoms with Crippen molar-refractivity contribution in [2.75, 3.05) is 25.6 Å². The summed E-state index contributed by atoms with van der Waals surface area (Å²) in [6.07, 6.45) is 2.33. The molecule has 4 bridgehead atoms. The Labute approximate surface area is 348 Å². The molecule has 3 aliphatic rings. The molecule has 3 aliphatic heterocycles. The molecule has 3 heterocycles. The zero-order valence-electron chi connectivity index (χ0n) is 36.3. The van der Waals surface area contributed by atoms with E-state index in [0.717, 1.165) is 11.1 Å². The number of nitrogens with zero attached hydrogens (tertiary/aromatic N) is 2. The number of aliphatic hydroxyl groups is 3. The van der Waals surface area contributed by atoms with Crippen LogP contribution < -0.4 is 10.2 Å². The first-order valence-corrected chi connectivity index (χ1v) is 20.5. The summed E-state index contributed by atoms with van der Waals surface area (Å²) in [6.45, 7) is 14.5. The number of nitrogens with one attached hydrogen (secondary N) is 1. The van der Waals surface area contributed by atoms with Gasteiger partial charge in [0.05, 0.1) is 36.4 Å². The molecule has 4 N–H and O–H groups in total. The number of halogens is 1. The smallest absolute Gasteiger partial charge is 0.409 e. The molecule has 320 valence electrons. The van der Waals surface area contributed by atoms with E-state index >= 15 is 0 Å². The number of amides is 3. The van der Waals surface area contributed by atoms with Crippen molar-refractivity contribution in [2.24, 2.45) is 11.8 Å². The highest BCUT2D eigenvalue weighted by molar-refractivity contribution is 8.01. The van der Waals surface area contributed by atoms with E-state index in [1.165, 1.54) is 17.2 Å². The van der Waals surface area contributed by atoms with Crippen LogP contribution in [0.3, 0.4) is 0 Å². The first-order chi connectivity index (χ1) is 27.0. The van der Waals surface area contributed by atoms with Gasteiger partial charge in [-0.3, -0.25) is 14.9 Å². The molecule has 0 aliphatic carbocycles. The highest BCUT2D eigenvalue weighted by Crippen LogP contribution is 2.49. The number of rotatable bonds is 10. The van der Waals surface area contributed by atoms with Crippen LogP contribution in [0.1, 0.15) is 101 Å². The predicted molar refractivity (Wildman–Crippen MR) is 223 cm³/mol. The Morgan fingerprint density at radius 2 is 1.91 bits per heavy atom. The van der Waals surface area contributed by atoms with Crippen molar-refractivity contribution < 1.29 is 50.1 Å². The van der Waals surface area contributed by atoms with E-state index in [4.69, 9.17) is 27.2 Å². The highest BCUT2D eigenvalue weighted by Gasteiger charge is 2.64. The van der Waals surface area contributed by atoms with E-state index in [0.29, 0.717) is 29.3 Å². The summed E-state index contributed by atoms with van der Waals surface area (Å²) >= 11 is 8.52. The molecular formula is C42H64ClN3O10S. The number of anilines is 1. The number of hydrogen-bond donors (Lipinski definition) is 4. The Morgan fingerprint density at radius 3 is 2.53 bits per heavy atom. The summed E-state index contributed by atoms with van der Waals surface area (Å²) in [5.41, 5.74) is -0.708. The molecule has 4 rings (SSSR count). The predicted octanol–water partition coefficient (Wildman–Crippen LogP) is 5.93. The fraction of sp³-hybridized carbons (Fsp3) is 0.667. The van der Waals surface area contributed by atoms with Gasteiger partial charge in [0.15, 0.2) is 5.72 Å². The lowest BCUT2D eigenvalue weighted by Gasteiger charge is -2.42. The molecule has 0 radical (unpaired) electrons. The number of fused-ring (bicyclic) bond motifs is 5. The maximum atomic E-state index is 14.2. The number of aliphatic hydroxyl groups excluding tert-OH is 2. The fourth-order valence-electron chi connectivity index (χ4n) is 7.59. The molecule has 0 aromatic heterocycles. The second-order valence-corrected chi connectivity index (χ2v) is 19.2. The van der Waals surface area contributed by atoms with Crippen LogP contribution in [0.4, 0.5) is 10.5 Å². The Bertz CT molecular complexity index is 1710. The lowest BCUT2D eigenvalue weighted by atomic mass is 9.81. The van der Waals surface area contributed by atoms with Crippen molar-refractivity contribution in [1.82, 2.24) is 10.2 Å². The van der Waals surface area contributed by atoms with Crippen LogP contribution in [0.15, 0.2) is 35.9 Å². The van der Waals surface area contributed by atoms with Crippen LogP contribution in [-0.4, -0.2) is 110 Å². The van der Waals surface area contributed by atoms with Crippen molar-refractivity contribution in [2.45, 2.75) is 147 Å². The topological polar surface area (TPSA) is 178 Å². The minimum Gasteiger partial charge on any atom is -0.457 e. The van der Waals surface area contributed by atoms with E-state index < -0.39 is 72.1 Å². The van der Waals surface area contributed by atoms with Crippen LogP contribution in [-0.2, 0) is 41.6 Å². The molecule has 1 aromatic carbocycles. The van der Waals surface area contributed by atoms with Crippen LogP contribution in [0.5, 0.6) is 0 Å². The molecule has 15 heteroatoms. The Hall–Kier alpha value is -3.14. The number of thioether (sulfide) groups is 1. The van der Waals surface area contributed by atoms with Crippen LogP contribution in [0.25, 0.3) is 0 Å². The van der Waals surface area contributed by atoms with Crippen molar-refractivity contribution in [1.29, 1.82) is 0 Å². The maximum Gasteiger partial charge on any atom is 0.409 e. The zero-order chi connectivity index (χ0) is 43.9. The highest BCUT2D eigenvalue weighted by atomic mass is 35.5. The van der Waals surface area contributed by atoms with Gasteiger partial charge in [-0.1, -0.05) is 83.5 Å². The van der Waals surface area contributed by atoms with Gasteiger partial charge >= 0.3 is 12.1 Å². The first kappa shape index (κ1) is 46.5. The monoisotopic (exact) mass is 838 g/mol. The molecular weight excluding hydrogens is 774 g/mol. The number of likely N-dealkylation sites (N-methyl/N-ethyl adjacent to an activating group) is 1. The van der Waals surface area contributed by atoms with Gasteiger partial charge in [-0.25, -0.2) is 9.59 Å². The Balaban J connectivity index is 0.00000443. The standard InChI is InChI=1S/C41H60ClN3O10S.CH4/c1-23(2)56-39(6,7)15-14-33(48)44(9)26(5)37(50)54-32-19-34(49)45(10)30-18-27(17-28(21-46)35(30)42)16-24(3)12-11-13-29(22-47)41(52)20-31(53-38(51)43-41)25(4)36-40(32,8)55-36;/h11-13,17-18,23,25-26,29,31-32,36,46-47,52H,14-16,19-22H2,1-10H3,(H,43,51);1H4/b13-11+,24-12+;/t25-,26+,29+,31+,32+,36+,40+,41+;/m1./s1/i;1D. The molecule has 0 spiro atoms. The van der Waals surface area contributed by atoms with Crippen molar-refractivity contribution in [3.63, 3.8) is 0 Å². The van der Waals surface area contributed by atoms with Crippen molar-refractivity contribution >= 4 is 52.9 Å². The van der Waals surface area contributed by atoms with E-state index in [1.807, 2.05) is 13.0 Å². The number of carbonyl (C=O) groups is 4. The molecule has 1 aromatic rings. The molecule has 0 saturated carbocycles. The minimum absolute atomic E-state index is 0.0923. The number of alkyl carbamates (subject to hydrolysis) is 1. The SMILES string of the molecule is C/C1=C\C=C\[C@@H](CO)[C@@]2(O)C[C@H](OC(=O)N2)[C@@H](C)[C@@H]2O[C@@]2(C)[C@@H](OC(=O)[C@H](C)N(C)C(=O)CCC(C)(C)SC(C)C)CC(=O)N(C)c2cc(cc(CO)c2Cl)C1.[2H]C. The summed E-state index contributed by atoms with van der Waals surface area (Å²) in [7, 11) is 4.35. The molecule has 2 saturated heterocycles. The van der Waals surface area contributed by atoms with E-state index in [1.54, 1.807) is 70.9 Å². The van der Waals surface area contributed by atoms with Crippen molar-refractivity contribution in [3.8, 4) is 0 Å². The van der Waals surface area contributed by atoms with Gasteiger partial charge in [-0.2, -0.15) is 11.8 Å². The zero-order valence-corrected chi connectivity index (χ0v) is 36.8. The number of epoxide rings is 1. The Kier molecular flexibility index (Phi) is 15.7. The molecule has 2 fully saturated rings. The van der Waals surface area contributed by atoms with Gasteiger partial charge in [-0.15, -0.1) is 0 Å². The minimum atomic E-state index is -1.86. The molecule has 57 heavy (non-hydrogen) atoms. The Morgan fingerprint density at radius 1 is 1.25 bits per heavy atom. The van der Waals surface area contributed by atoms with Gasteiger partial charge in [0, 0.05) is 44.9 Å². The average Bonchev–Trinajstić information content (AvgIpc) is 3.86. The first-order valence-electron chi connectivity index (χ1n) is 20.2. The van der Waals surface area contributed by atoms with Gasteiger partial charge < -0.3 is 39.3 Å². The lowest BCUT2D eigenvalue weighted by Crippen LogP contribution is -2.62. The van der Waals surface area contributed by atoms with E-state index in [2.05, 4.69) is 33.0 Å². The lowest BCUT2D eigenvalue weighted by molar-refractivity contribution is -0.162. The summed E-state index contributed by atoms with van der Waals surface area (Å²) in [5.74, 6) is -2.88. The quantitative estimate of drug-likeness (QED) is 0.162. The summed E-state index contributed by atoms with van der Waals surface area (Å²) in [6, 6.07) is 2.52. The molecule has 8 atom stereocenters. The second kappa shape index (κ2) is 19.3. The summed E-state index contributed by atoms with van der Waals surface area (Å²) in [4.78, 5) is 57.0. The third-order valence-corrected chi connectivity index (χ3v) is 13.0. The normalized spacial score (nSPS) is 30.2. The molecule has 13 nitrogen and oxygen atoms in total. The van der Waals surface area contributed by atoms with Crippen LogP contribution in [0, 0.1) is 11.8 Å². The number of esters is 1. The molecule has 0 unspecified atom stereocenters. The largest absolute Gasteiger partial charge is 0.457 e. The maximum absolute atomic E-state index is 14.2. The summed E-state index contributed by atoms with van der Waals surface area (Å²) in [5, 5.41) is 35.3. The number of ether oxygens (including phenoxy) is 3. The number of carbonyl (C=O) groups excluding carboxylic acids is 4. The number of allylic oxidation sites excluding steroid dienone is 3. The van der Waals surface area contributed by atoms with Crippen molar-refractivity contribution in [3.05, 3.63) is 52.1 Å². The number of benzene rings is 1. The third-order valence-electron chi connectivity index (χ3n) is 11.2. The van der Waals surface area contributed by atoms with Crippen LogP contribution >= 0.6 is 23.4 Å². The van der Waals surface area contributed by atoms with Gasteiger partial charge in [-0.05, 0) is 56.1 Å². The summed E-state index contributed by atoms with van der Waals surface area (Å²) < 4.78 is 23.7. The average molecular weight is 840 g/mol. The third kappa shape index (κ3) is 11.5. The van der Waals surface area contributed by atoms with Gasteiger partial charge in [0.1, 0.15) is 23.9 Å². The van der Waals surface area contributed by atoms with E-state index in [9.17, 15) is 34.5 Å². The van der Waals surface area contributed by atoms with Crippen LogP contribution in [0.2, 0.25) is 5.02 Å².